The molecule has 2 nitrogen and oxygen atoms in total. The Kier molecular flexibility index (Phi) is 3.97. The van der Waals surface area contributed by atoms with Crippen molar-refractivity contribution in [2.24, 2.45) is 0 Å². The molecule has 0 N–H and O–H groups in total. The minimum Gasteiger partial charge on any atom is -0.309 e. The Morgan fingerprint density at radius 2 is 0.917 bits per heavy atom. The van der Waals surface area contributed by atoms with Crippen molar-refractivity contribution in [3.8, 4) is 11.4 Å². The van der Waals surface area contributed by atoms with Crippen molar-refractivity contribution < 1.29 is 0 Å². The molecule has 0 saturated carbocycles. The molecule has 0 spiro atoms. The molecule has 0 radical (unpaired) electrons. The molecule has 0 bridgehead atoms. The van der Waals surface area contributed by atoms with Gasteiger partial charge in [0.1, 0.15) is 0 Å². The molecule has 0 amide bonds. The van der Waals surface area contributed by atoms with Gasteiger partial charge < -0.3 is 9.13 Å². The SMILES string of the molecule is c1ccc(-n2c3ccc4c5ccccc5n(-c5ccccc5)c4c3c3ccc4ccccc4c32)cc1. The van der Waals surface area contributed by atoms with E-state index in [1.165, 1.54) is 65.8 Å². The Morgan fingerprint density at radius 3 is 1.67 bits per heavy atom. The van der Waals surface area contributed by atoms with Crippen molar-refractivity contribution in [2.45, 2.75) is 0 Å². The van der Waals surface area contributed by atoms with Gasteiger partial charge in [0.15, 0.2) is 0 Å². The molecule has 0 aliphatic carbocycles. The predicted molar refractivity (Wildman–Crippen MR) is 153 cm³/mol. The van der Waals surface area contributed by atoms with Gasteiger partial charge in [0, 0.05) is 38.3 Å². The lowest BCUT2D eigenvalue weighted by Crippen LogP contribution is -1.95. The van der Waals surface area contributed by atoms with Crippen LogP contribution in [0, 0.1) is 0 Å². The van der Waals surface area contributed by atoms with Crippen LogP contribution in [0.15, 0.2) is 133 Å². The summed E-state index contributed by atoms with van der Waals surface area (Å²) in [6, 6.07) is 48.1. The first kappa shape index (κ1) is 19.5. The number of aromatic nitrogens is 2. The van der Waals surface area contributed by atoms with Gasteiger partial charge in [0.2, 0.25) is 0 Å². The molecule has 36 heavy (non-hydrogen) atoms. The van der Waals surface area contributed by atoms with Crippen LogP contribution in [-0.2, 0) is 0 Å². The van der Waals surface area contributed by atoms with E-state index < -0.39 is 0 Å². The van der Waals surface area contributed by atoms with Gasteiger partial charge in [-0.1, -0.05) is 97.1 Å². The third-order valence-corrected chi connectivity index (χ3v) is 7.48. The van der Waals surface area contributed by atoms with Crippen LogP contribution in [0.2, 0.25) is 0 Å². The largest absolute Gasteiger partial charge is 0.309 e. The van der Waals surface area contributed by atoms with Gasteiger partial charge in [-0.25, -0.2) is 0 Å². The summed E-state index contributed by atoms with van der Waals surface area (Å²) >= 11 is 0. The van der Waals surface area contributed by atoms with E-state index in [0.717, 1.165) is 0 Å². The highest BCUT2D eigenvalue weighted by atomic mass is 15.0. The third-order valence-electron chi connectivity index (χ3n) is 7.48. The molecule has 2 heterocycles. The first-order valence-electron chi connectivity index (χ1n) is 12.4. The maximum Gasteiger partial charge on any atom is 0.0641 e. The number of hydrogen-bond donors (Lipinski definition) is 0. The molecule has 2 aromatic heterocycles. The summed E-state index contributed by atoms with van der Waals surface area (Å²) in [5, 5.41) is 7.65. The molecule has 0 atom stereocenters. The lowest BCUT2D eigenvalue weighted by atomic mass is 10.0. The van der Waals surface area contributed by atoms with Crippen molar-refractivity contribution in [1.29, 1.82) is 0 Å². The highest BCUT2D eigenvalue weighted by molar-refractivity contribution is 6.29. The number of benzene rings is 6. The van der Waals surface area contributed by atoms with Crippen LogP contribution in [0.3, 0.4) is 0 Å². The zero-order chi connectivity index (χ0) is 23.6. The molecule has 0 saturated heterocycles. The maximum atomic E-state index is 2.44. The van der Waals surface area contributed by atoms with Crippen LogP contribution in [0.5, 0.6) is 0 Å². The molecule has 0 aliphatic rings. The van der Waals surface area contributed by atoms with Gasteiger partial charge in [-0.2, -0.15) is 0 Å². The summed E-state index contributed by atoms with van der Waals surface area (Å²) in [6.45, 7) is 0. The van der Waals surface area contributed by atoms with Crippen molar-refractivity contribution in [2.75, 3.05) is 0 Å². The van der Waals surface area contributed by atoms with Crippen molar-refractivity contribution in [3.63, 3.8) is 0 Å². The first-order chi connectivity index (χ1) is 17.9. The Hall–Kier alpha value is -4.82. The monoisotopic (exact) mass is 458 g/mol. The fourth-order valence-electron chi connectivity index (χ4n) is 6.01. The van der Waals surface area contributed by atoms with E-state index in [4.69, 9.17) is 0 Å². The number of rotatable bonds is 2. The van der Waals surface area contributed by atoms with Crippen LogP contribution in [0.4, 0.5) is 0 Å². The second kappa shape index (κ2) is 7.34. The van der Waals surface area contributed by atoms with E-state index in [2.05, 4.69) is 143 Å². The summed E-state index contributed by atoms with van der Waals surface area (Å²) in [5.41, 5.74) is 7.32. The molecular weight excluding hydrogens is 436 g/mol. The molecule has 2 heteroatoms. The Morgan fingerprint density at radius 1 is 0.333 bits per heavy atom. The lowest BCUT2D eigenvalue weighted by Gasteiger charge is -2.10. The average molecular weight is 459 g/mol. The predicted octanol–water partition coefficient (Wildman–Crippen LogP) is 9.03. The van der Waals surface area contributed by atoms with Gasteiger partial charge in [-0.15, -0.1) is 0 Å². The second-order valence-corrected chi connectivity index (χ2v) is 9.40. The Labute approximate surface area is 208 Å². The van der Waals surface area contributed by atoms with Crippen LogP contribution in [-0.4, -0.2) is 9.13 Å². The van der Waals surface area contributed by atoms with Gasteiger partial charge >= 0.3 is 0 Å². The van der Waals surface area contributed by atoms with Crippen molar-refractivity contribution in [1.82, 2.24) is 9.13 Å². The van der Waals surface area contributed by atoms with E-state index in [-0.39, 0.29) is 0 Å². The van der Waals surface area contributed by atoms with E-state index in [1.807, 2.05) is 0 Å². The van der Waals surface area contributed by atoms with E-state index >= 15 is 0 Å². The van der Waals surface area contributed by atoms with Gasteiger partial charge in [-0.05, 0) is 41.8 Å². The number of fused-ring (bicyclic) bond motifs is 9. The molecule has 6 aromatic carbocycles. The van der Waals surface area contributed by atoms with E-state index in [0.29, 0.717) is 0 Å². The molecule has 0 aliphatic heterocycles. The molecule has 168 valence electrons. The maximum absolute atomic E-state index is 2.44. The van der Waals surface area contributed by atoms with Gasteiger partial charge in [0.05, 0.1) is 22.1 Å². The molecule has 8 aromatic rings. The highest BCUT2D eigenvalue weighted by Gasteiger charge is 2.21. The standard InChI is InChI=1S/C34H22N2/c1-3-12-24(13-4-1)35-30-18-10-9-17-27(30)28-21-22-31-32(34(28)35)29-20-19-23-11-7-8-16-26(23)33(29)36(31)25-14-5-2-6-15-25/h1-22H. The van der Waals surface area contributed by atoms with E-state index in [9.17, 15) is 0 Å². The van der Waals surface area contributed by atoms with Crippen LogP contribution < -0.4 is 0 Å². The van der Waals surface area contributed by atoms with Gasteiger partial charge in [0.25, 0.3) is 0 Å². The minimum absolute atomic E-state index is 1.18. The van der Waals surface area contributed by atoms with Gasteiger partial charge in [-0.3, -0.25) is 0 Å². The first-order valence-corrected chi connectivity index (χ1v) is 12.4. The molecule has 0 unspecified atom stereocenters. The quantitative estimate of drug-likeness (QED) is 0.244. The molecular formula is C34H22N2. The summed E-state index contributed by atoms with van der Waals surface area (Å²) < 4.78 is 4.89. The third kappa shape index (κ3) is 2.56. The van der Waals surface area contributed by atoms with Crippen LogP contribution in [0.1, 0.15) is 0 Å². The zero-order valence-electron chi connectivity index (χ0n) is 19.6. The normalized spacial score (nSPS) is 11.9. The smallest absolute Gasteiger partial charge is 0.0641 e. The number of hydrogen-bond acceptors (Lipinski definition) is 0. The lowest BCUT2D eigenvalue weighted by molar-refractivity contribution is 1.18. The number of nitrogens with zero attached hydrogens (tertiary/aromatic N) is 2. The Balaban J connectivity index is 1.69. The fourth-order valence-corrected chi connectivity index (χ4v) is 6.01. The number of para-hydroxylation sites is 3. The van der Waals surface area contributed by atoms with Crippen molar-refractivity contribution in [3.05, 3.63) is 133 Å². The summed E-state index contributed by atoms with van der Waals surface area (Å²) in [7, 11) is 0. The molecule has 0 fully saturated rings. The summed E-state index contributed by atoms with van der Waals surface area (Å²) in [4.78, 5) is 0. The second-order valence-electron chi connectivity index (χ2n) is 9.40. The molecule has 8 rings (SSSR count). The van der Waals surface area contributed by atoms with E-state index in [1.54, 1.807) is 0 Å². The Bertz CT molecular complexity index is 2080. The van der Waals surface area contributed by atoms with Crippen LogP contribution in [0.25, 0.3) is 65.8 Å². The zero-order valence-corrected chi connectivity index (χ0v) is 19.6. The van der Waals surface area contributed by atoms with Crippen molar-refractivity contribution >= 4 is 54.4 Å². The van der Waals surface area contributed by atoms with Crippen LogP contribution >= 0.6 is 0 Å². The minimum atomic E-state index is 1.18. The fraction of sp³-hybridized carbons (Fsp3) is 0. The highest BCUT2D eigenvalue weighted by Crippen LogP contribution is 2.43. The summed E-state index contributed by atoms with van der Waals surface area (Å²) in [5.74, 6) is 0. The average Bonchev–Trinajstić information content (AvgIpc) is 3.47. The topological polar surface area (TPSA) is 9.86 Å². The summed E-state index contributed by atoms with van der Waals surface area (Å²) in [6.07, 6.45) is 0.